The highest BCUT2D eigenvalue weighted by atomic mass is 127. The summed E-state index contributed by atoms with van der Waals surface area (Å²) in [5.74, 6) is 0.141. The van der Waals surface area contributed by atoms with Crippen LogP contribution in [0.1, 0.15) is 38.7 Å². The van der Waals surface area contributed by atoms with E-state index in [9.17, 15) is 9.90 Å². The highest BCUT2D eigenvalue weighted by molar-refractivity contribution is 14.1. The Balaban J connectivity index is 2.04. The molecule has 2 nitrogen and oxygen atoms in total. The van der Waals surface area contributed by atoms with Crippen molar-refractivity contribution in [3.63, 3.8) is 0 Å². The molecule has 3 heteroatoms. The smallest absolute Gasteiger partial charge is 0.182 e. The van der Waals surface area contributed by atoms with E-state index in [1.54, 1.807) is 6.08 Å². The number of fused-ring (bicyclic) bond motifs is 1. The minimum Gasteiger partial charge on any atom is -0.392 e. The number of carbonyl (C=O) groups excluding carboxylic acids is 1. The van der Waals surface area contributed by atoms with Crippen molar-refractivity contribution in [2.75, 3.05) is 0 Å². The molecule has 0 saturated heterocycles. The Morgan fingerprint density at radius 2 is 2.00 bits per heavy atom. The quantitative estimate of drug-likeness (QED) is 0.554. The highest BCUT2D eigenvalue weighted by Crippen LogP contribution is 2.51. The van der Waals surface area contributed by atoms with Gasteiger partial charge in [0.2, 0.25) is 0 Å². The topological polar surface area (TPSA) is 37.3 Å². The molecule has 116 valence electrons. The average molecular weight is 408 g/mol. The predicted molar refractivity (Wildman–Crippen MR) is 97.4 cm³/mol. The Morgan fingerprint density at radius 3 is 2.68 bits per heavy atom. The lowest BCUT2D eigenvalue weighted by atomic mass is 9.57. The van der Waals surface area contributed by atoms with Crippen molar-refractivity contribution in [3.8, 4) is 0 Å². The van der Waals surface area contributed by atoms with Crippen LogP contribution < -0.4 is 0 Å². The Bertz CT molecular complexity index is 657. The number of rotatable bonds is 1. The molecular formula is C19H21IO2. The van der Waals surface area contributed by atoms with Gasteiger partial charge < -0.3 is 5.11 Å². The van der Waals surface area contributed by atoms with Crippen LogP contribution in [0, 0.1) is 14.9 Å². The monoisotopic (exact) mass is 408 g/mol. The maximum Gasteiger partial charge on any atom is 0.182 e. The number of allylic oxidation sites excluding steroid dienone is 2. The summed E-state index contributed by atoms with van der Waals surface area (Å²) in [5.41, 5.74) is 2.68. The molecule has 22 heavy (non-hydrogen) atoms. The van der Waals surface area contributed by atoms with Crippen molar-refractivity contribution in [1.29, 1.82) is 0 Å². The summed E-state index contributed by atoms with van der Waals surface area (Å²) in [5, 5.41) is 10.6. The van der Waals surface area contributed by atoms with E-state index in [1.165, 1.54) is 3.57 Å². The van der Waals surface area contributed by atoms with E-state index in [4.69, 9.17) is 0 Å². The van der Waals surface area contributed by atoms with Gasteiger partial charge in [0, 0.05) is 14.6 Å². The molecule has 3 atom stereocenters. The van der Waals surface area contributed by atoms with Gasteiger partial charge in [-0.25, -0.2) is 0 Å². The summed E-state index contributed by atoms with van der Waals surface area (Å²) in [6, 6.07) is 8.16. The van der Waals surface area contributed by atoms with Gasteiger partial charge in [0.25, 0.3) is 0 Å². The van der Waals surface area contributed by atoms with Gasteiger partial charge in [-0.15, -0.1) is 0 Å². The third kappa shape index (κ3) is 2.58. The number of benzene rings is 1. The minimum atomic E-state index is -0.365. The summed E-state index contributed by atoms with van der Waals surface area (Å²) >= 11 is 2.27. The van der Waals surface area contributed by atoms with Gasteiger partial charge in [0.05, 0.1) is 6.10 Å². The molecule has 1 fully saturated rings. The van der Waals surface area contributed by atoms with E-state index in [0.717, 1.165) is 36.0 Å². The van der Waals surface area contributed by atoms with E-state index < -0.39 is 0 Å². The summed E-state index contributed by atoms with van der Waals surface area (Å²) < 4.78 is 1.18. The first-order valence-corrected chi connectivity index (χ1v) is 8.91. The van der Waals surface area contributed by atoms with Crippen LogP contribution in [0.15, 0.2) is 41.5 Å². The molecule has 0 aromatic heterocycles. The van der Waals surface area contributed by atoms with Gasteiger partial charge in [0.1, 0.15) is 0 Å². The van der Waals surface area contributed by atoms with E-state index >= 15 is 0 Å². The van der Waals surface area contributed by atoms with Gasteiger partial charge in [-0.3, -0.25) is 4.79 Å². The van der Waals surface area contributed by atoms with E-state index in [2.05, 4.69) is 36.4 Å². The summed E-state index contributed by atoms with van der Waals surface area (Å²) in [6.07, 6.45) is 6.13. The van der Waals surface area contributed by atoms with Crippen LogP contribution in [-0.2, 0) is 4.79 Å². The molecule has 1 aromatic carbocycles. The normalized spacial score (nSPS) is 33.5. The van der Waals surface area contributed by atoms with Crippen LogP contribution in [0.3, 0.4) is 0 Å². The fraction of sp³-hybridized carbons (Fsp3) is 0.421. The Morgan fingerprint density at radius 1 is 1.32 bits per heavy atom. The van der Waals surface area contributed by atoms with E-state index in [0.29, 0.717) is 0 Å². The maximum absolute atomic E-state index is 12.6. The second-order valence-corrected chi connectivity index (χ2v) is 7.84. The van der Waals surface area contributed by atoms with Crippen molar-refractivity contribution in [1.82, 2.24) is 0 Å². The first-order valence-electron chi connectivity index (χ1n) is 7.83. The molecule has 2 aliphatic carbocycles. The number of halogens is 1. The van der Waals surface area contributed by atoms with Gasteiger partial charge in [-0.2, -0.15) is 0 Å². The minimum absolute atomic E-state index is 0.0366. The summed E-state index contributed by atoms with van der Waals surface area (Å²) in [7, 11) is 0. The molecule has 0 heterocycles. The standard InChI is InChI=1S/C19H21IO2/c1-12-16(10-13-6-8-15(20)9-7-13)17(21)11-14-4-3-5-18(22)19(12,14)2/h6-12,18,22H,3-5H2,1-2H3/b16-10+/t12-,18-,19-/m0/s1. The number of aliphatic hydroxyl groups is 1. The lowest BCUT2D eigenvalue weighted by Gasteiger charge is -2.48. The van der Waals surface area contributed by atoms with Crippen molar-refractivity contribution >= 4 is 34.5 Å². The Labute approximate surface area is 145 Å². The SMILES string of the molecule is C[C@H]1/C(=C\c2ccc(I)cc2)C(=O)C=C2CCC[C@H](O)[C@]21C. The van der Waals surface area contributed by atoms with Gasteiger partial charge in [-0.1, -0.05) is 31.6 Å². The molecule has 0 spiro atoms. The van der Waals surface area contributed by atoms with Crippen LogP contribution in [0.4, 0.5) is 0 Å². The molecule has 0 bridgehead atoms. The maximum atomic E-state index is 12.6. The predicted octanol–water partition coefficient (Wildman–Crippen LogP) is 4.37. The highest BCUT2D eigenvalue weighted by Gasteiger charge is 2.48. The van der Waals surface area contributed by atoms with Gasteiger partial charge in [0.15, 0.2) is 5.78 Å². The molecule has 1 saturated carbocycles. The van der Waals surface area contributed by atoms with Crippen LogP contribution in [0.5, 0.6) is 0 Å². The first-order chi connectivity index (χ1) is 10.4. The molecule has 0 aliphatic heterocycles. The third-order valence-corrected chi connectivity index (χ3v) is 6.18. The molecule has 0 radical (unpaired) electrons. The summed E-state index contributed by atoms with van der Waals surface area (Å²) in [6.45, 7) is 4.19. The van der Waals surface area contributed by atoms with Crippen molar-refractivity contribution in [3.05, 3.63) is 50.6 Å². The molecule has 2 aliphatic rings. The number of hydrogen-bond acceptors (Lipinski definition) is 2. The number of hydrogen-bond donors (Lipinski definition) is 1. The van der Waals surface area contributed by atoms with Crippen molar-refractivity contribution in [2.24, 2.45) is 11.3 Å². The zero-order chi connectivity index (χ0) is 15.9. The zero-order valence-corrected chi connectivity index (χ0v) is 15.1. The van der Waals surface area contributed by atoms with E-state index in [1.807, 2.05) is 30.3 Å². The number of ketones is 1. The van der Waals surface area contributed by atoms with Crippen molar-refractivity contribution < 1.29 is 9.90 Å². The third-order valence-electron chi connectivity index (χ3n) is 5.46. The molecule has 3 rings (SSSR count). The second-order valence-electron chi connectivity index (χ2n) is 6.60. The number of carbonyl (C=O) groups is 1. The Hall–Kier alpha value is -0.940. The number of aliphatic hydroxyl groups excluding tert-OH is 1. The van der Waals surface area contributed by atoms with Crippen LogP contribution in [0.2, 0.25) is 0 Å². The van der Waals surface area contributed by atoms with E-state index in [-0.39, 0.29) is 23.2 Å². The lowest BCUT2D eigenvalue weighted by molar-refractivity contribution is -0.113. The molecule has 1 N–H and O–H groups in total. The van der Waals surface area contributed by atoms with Crippen molar-refractivity contribution in [2.45, 2.75) is 39.2 Å². The molecule has 1 aromatic rings. The molecule has 0 unspecified atom stereocenters. The second kappa shape index (κ2) is 5.93. The van der Waals surface area contributed by atoms with Crippen LogP contribution in [-0.4, -0.2) is 17.0 Å². The lowest BCUT2D eigenvalue weighted by Crippen LogP contribution is -2.46. The Kier molecular flexibility index (Phi) is 4.29. The van der Waals surface area contributed by atoms with Gasteiger partial charge in [-0.05, 0) is 77.6 Å². The molecular weight excluding hydrogens is 387 g/mol. The van der Waals surface area contributed by atoms with Crippen LogP contribution >= 0.6 is 22.6 Å². The fourth-order valence-electron chi connectivity index (χ4n) is 3.78. The summed E-state index contributed by atoms with van der Waals surface area (Å²) in [4.78, 5) is 12.6. The average Bonchev–Trinajstić information content (AvgIpc) is 2.49. The largest absolute Gasteiger partial charge is 0.392 e. The zero-order valence-electron chi connectivity index (χ0n) is 13.0. The van der Waals surface area contributed by atoms with Crippen LogP contribution in [0.25, 0.3) is 6.08 Å². The molecule has 0 amide bonds. The first kappa shape index (κ1) is 15.9. The fourth-order valence-corrected chi connectivity index (χ4v) is 4.14. The van der Waals surface area contributed by atoms with Gasteiger partial charge >= 0.3 is 0 Å².